The van der Waals surface area contributed by atoms with E-state index in [1.54, 1.807) is 0 Å². The van der Waals surface area contributed by atoms with E-state index in [1.807, 2.05) is 30.3 Å². The monoisotopic (exact) mass is 301 g/mol. The highest BCUT2D eigenvalue weighted by Crippen LogP contribution is 2.36. The molecule has 114 valence electrons. The Balaban J connectivity index is 2.20. The first kappa shape index (κ1) is 15.0. The van der Waals surface area contributed by atoms with Crippen LogP contribution in [0.2, 0.25) is 0 Å². The Morgan fingerprint density at radius 1 is 0.739 bits per heavy atom. The second-order valence-electron chi connectivity index (χ2n) is 5.66. The van der Waals surface area contributed by atoms with Crippen LogP contribution in [0.1, 0.15) is 11.1 Å². The van der Waals surface area contributed by atoms with E-state index >= 15 is 0 Å². The average Bonchev–Trinajstić information content (AvgIpc) is 2.58. The van der Waals surface area contributed by atoms with Gasteiger partial charge in [0.25, 0.3) is 0 Å². The quantitative estimate of drug-likeness (QED) is 0.659. The maximum atomic E-state index is 11.0. The minimum Gasteiger partial charge on any atom is -0.328 e. The third-order valence-electron chi connectivity index (χ3n) is 4.10. The summed E-state index contributed by atoms with van der Waals surface area (Å²) in [6.07, 6.45) is 0.735. The molecule has 23 heavy (non-hydrogen) atoms. The summed E-state index contributed by atoms with van der Waals surface area (Å²) in [6.45, 7) is 4.21. The average molecular weight is 301 g/mol. The van der Waals surface area contributed by atoms with Gasteiger partial charge < -0.3 is 5.32 Å². The summed E-state index contributed by atoms with van der Waals surface area (Å²) < 4.78 is 0. The van der Waals surface area contributed by atoms with Gasteiger partial charge in [0, 0.05) is 11.3 Å². The minimum atomic E-state index is 0.735. The van der Waals surface area contributed by atoms with E-state index in [4.69, 9.17) is 0 Å². The number of hydrogen-bond acceptors (Lipinski definition) is 1. The highest BCUT2D eigenvalue weighted by Gasteiger charge is 2.11. The van der Waals surface area contributed by atoms with Crippen LogP contribution < -0.4 is 5.32 Å². The third kappa shape index (κ3) is 3.02. The number of carbonyl (C=O) groups is 1. The summed E-state index contributed by atoms with van der Waals surface area (Å²) >= 11 is 0. The molecule has 0 aliphatic rings. The summed E-state index contributed by atoms with van der Waals surface area (Å²) in [5.74, 6) is 0. The molecule has 0 unspecified atom stereocenters. The number of carbonyl (C=O) groups excluding carboxylic acids is 1. The van der Waals surface area contributed by atoms with Crippen molar-refractivity contribution in [1.82, 2.24) is 0 Å². The molecular weight excluding hydrogens is 282 g/mol. The van der Waals surface area contributed by atoms with Gasteiger partial charge in [-0.25, -0.2) is 0 Å². The van der Waals surface area contributed by atoms with Crippen LogP contribution in [0.3, 0.4) is 0 Å². The standard InChI is InChI=1S/C21H19NO/c1-15-8-6-7-11-18(15)19-13-21(22-14-23)20(12-16(19)2)17-9-4-3-5-10-17/h3-14H,1-2H3,(H,22,23). The van der Waals surface area contributed by atoms with Crippen LogP contribution in [0.15, 0.2) is 66.7 Å². The fourth-order valence-electron chi connectivity index (χ4n) is 2.91. The first-order valence-corrected chi connectivity index (χ1v) is 7.67. The SMILES string of the molecule is Cc1ccccc1-c1cc(NC=O)c(-c2ccccc2)cc1C. The van der Waals surface area contributed by atoms with Crippen molar-refractivity contribution in [3.05, 3.63) is 77.9 Å². The van der Waals surface area contributed by atoms with Crippen LogP contribution in [0.5, 0.6) is 0 Å². The van der Waals surface area contributed by atoms with E-state index in [9.17, 15) is 4.79 Å². The van der Waals surface area contributed by atoms with Crippen LogP contribution in [0.4, 0.5) is 5.69 Å². The van der Waals surface area contributed by atoms with Crippen molar-refractivity contribution in [3.63, 3.8) is 0 Å². The Morgan fingerprint density at radius 2 is 1.43 bits per heavy atom. The molecule has 0 saturated carbocycles. The zero-order valence-electron chi connectivity index (χ0n) is 13.3. The number of amides is 1. The Kier molecular flexibility index (Phi) is 4.24. The molecule has 3 rings (SSSR count). The molecule has 2 nitrogen and oxygen atoms in total. The smallest absolute Gasteiger partial charge is 0.211 e. The van der Waals surface area contributed by atoms with E-state index in [2.05, 4.69) is 55.6 Å². The van der Waals surface area contributed by atoms with Gasteiger partial charge >= 0.3 is 0 Å². The van der Waals surface area contributed by atoms with E-state index in [1.165, 1.54) is 16.7 Å². The van der Waals surface area contributed by atoms with Crippen molar-refractivity contribution in [3.8, 4) is 22.3 Å². The summed E-state index contributed by atoms with van der Waals surface area (Å²) in [6, 6.07) is 22.6. The highest BCUT2D eigenvalue weighted by molar-refractivity contribution is 5.89. The van der Waals surface area contributed by atoms with Gasteiger partial charge in [-0.1, -0.05) is 54.6 Å². The molecule has 0 atom stereocenters. The van der Waals surface area contributed by atoms with Crippen molar-refractivity contribution in [2.75, 3.05) is 5.32 Å². The van der Waals surface area contributed by atoms with Gasteiger partial charge in [0.05, 0.1) is 0 Å². The van der Waals surface area contributed by atoms with Gasteiger partial charge in [0.1, 0.15) is 0 Å². The summed E-state index contributed by atoms with van der Waals surface area (Å²) in [5, 5.41) is 2.85. The summed E-state index contributed by atoms with van der Waals surface area (Å²) in [7, 11) is 0. The van der Waals surface area contributed by atoms with Crippen LogP contribution in [0.25, 0.3) is 22.3 Å². The number of rotatable bonds is 4. The zero-order valence-corrected chi connectivity index (χ0v) is 13.3. The van der Waals surface area contributed by atoms with Crippen LogP contribution in [-0.2, 0) is 4.79 Å². The van der Waals surface area contributed by atoms with E-state index in [-0.39, 0.29) is 0 Å². The van der Waals surface area contributed by atoms with Crippen molar-refractivity contribution < 1.29 is 4.79 Å². The lowest BCUT2D eigenvalue weighted by Gasteiger charge is -2.16. The Labute approximate surface area is 136 Å². The molecule has 0 heterocycles. The molecule has 0 spiro atoms. The summed E-state index contributed by atoms with van der Waals surface area (Å²) in [5.41, 5.74) is 7.71. The zero-order chi connectivity index (χ0) is 16.2. The van der Waals surface area contributed by atoms with E-state index < -0.39 is 0 Å². The first-order valence-electron chi connectivity index (χ1n) is 7.67. The molecule has 0 bridgehead atoms. The lowest BCUT2D eigenvalue weighted by molar-refractivity contribution is -0.105. The second-order valence-corrected chi connectivity index (χ2v) is 5.66. The molecule has 0 saturated heterocycles. The van der Waals surface area contributed by atoms with E-state index in [0.717, 1.165) is 28.8 Å². The highest BCUT2D eigenvalue weighted by atomic mass is 16.1. The molecule has 1 N–H and O–H groups in total. The first-order chi connectivity index (χ1) is 11.2. The number of anilines is 1. The maximum absolute atomic E-state index is 11.0. The molecule has 0 radical (unpaired) electrons. The van der Waals surface area contributed by atoms with Gasteiger partial charge in [0.15, 0.2) is 0 Å². The molecule has 0 aliphatic heterocycles. The molecule has 0 aliphatic carbocycles. The lowest BCUT2D eigenvalue weighted by Crippen LogP contribution is -1.99. The molecule has 0 fully saturated rings. The van der Waals surface area contributed by atoms with Crippen LogP contribution in [0, 0.1) is 13.8 Å². The number of aryl methyl sites for hydroxylation is 2. The van der Waals surface area contributed by atoms with Crippen molar-refractivity contribution in [1.29, 1.82) is 0 Å². The van der Waals surface area contributed by atoms with Crippen LogP contribution in [-0.4, -0.2) is 6.41 Å². The number of nitrogens with one attached hydrogen (secondary N) is 1. The molecule has 3 aromatic rings. The minimum absolute atomic E-state index is 0.735. The largest absolute Gasteiger partial charge is 0.328 e. The number of benzene rings is 3. The molecule has 2 heteroatoms. The topological polar surface area (TPSA) is 29.1 Å². The molecule has 0 aromatic heterocycles. The Hall–Kier alpha value is -2.87. The van der Waals surface area contributed by atoms with Gasteiger partial charge in [0.2, 0.25) is 6.41 Å². The maximum Gasteiger partial charge on any atom is 0.211 e. The van der Waals surface area contributed by atoms with E-state index in [0.29, 0.717) is 0 Å². The van der Waals surface area contributed by atoms with Crippen molar-refractivity contribution in [2.45, 2.75) is 13.8 Å². The fraction of sp³-hybridized carbons (Fsp3) is 0.0952. The van der Waals surface area contributed by atoms with Gasteiger partial charge in [-0.15, -0.1) is 0 Å². The van der Waals surface area contributed by atoms with Gasteiger partial charge in [-0.3, -0.25) is 4.79 Å². The predicted molar refractivity (Wildman–Crippen MR) is 96.5 cm³/mol. The van der Waals surface area contributed by atoms with Crippen molar-refractivity contribution >= 4 is 12.1 Å². The molecule has 3 aromatic carbocycles. The predicted octanol–water partition coefficient (Wildman–Crippen LogP) is 5.21. The van der Waals surface area contributed by atoms with Gasteiger partial charge in [-0.05, 0) is 53.8 Å². The fourth-order valence-corrected chi connectivity index (χ4v) is 2.91. The van der Waals surface area contributed by atoms with Crippen molar-refractivity contribution in [2.24, 2.45) is 0 Å². The molecule has 1 amide bonds. The Morgan fingerprint density at radius 3 is 2.13 bits per heavy atom. The number of hydrogen-bond donors (Lipinski definition) is 1. The Bertz CT molecular complexity index is 838. The van der Waals surface area contributed by atoms with Crippen LogP contribution >= 0.6 is 0 Å². The normalized spacial score (nSPS) is 10.3. The second kappa shape index (κ2) is 6.49. The molecular formula is C21H19NO. The van der Waals surface area contributed by atoms with Gasteiger partial charge in [-0.2, -0.15) is 0 Å². The lowest BCUT2D eigenvalue weighted by atomic mass is 9.92. The summed E-state index contributed by atoms with van der Waals surface area (Å²) in [4.78, 5) is 11.0. The third-order valence-corrected chi connectivity index (χ3v) is 4.10.